The summed E-state index contributed by atoms with van der Waals surface area (Å²) in [6, 6.07) is 6.53. The Bertz CT molecular complexity index is 1480. The third kappa shape index (κ3) is 7.04. The van der Waals surface area contributed by atoms with Gasteiger partial charge in [-0.3, -0.25) is 13.9 Å². The van der Waals surface area contributed by atoms with Crippen molar-refractivity contribution in [2.45, 2.75) is 64.5 Å². The Morgan fingerprint density at radius 1 is 1.26 bits per heavy atom. The van der Waals surface area contributed by atoms with Gasteiger partial charge in [0.1, 0.15) is 18.4 Å². The molecule has 3 unspecified atom stereocenters. The Morgan fingerprint density at radius 2 is 1.95 bits per heavy atom. The predicted octanol–water partition coefficient (Wildman–Crippen LogP) is 3.47. The van der Waals surface area contributed by atoms with Crippen molar-refractivity contribution in [2.75, 3.05) is 25.6 Å². The number of carbonyl (C=O) groups is 1. The molecule has 6 atom stereocenters. The zero-order valence-electron chi connectivity index (χ0n) is 24.3. The molecule has 1 aliphatic rings. The molecule has 3 aromatic rings. The van der Waals surface area contributed by atoms with Gasteiger partial charge in [-0.15, -0.1) is 0 Å². The van der Waals surface area contributed by atoms with Crippen LogP contribution in [0.2, 0.25) is 0 Å². The van der Waals surface area contributed by atoms with Crippen molar-refractivity contribution in [1.82, 2.24) is 24.6 Å². The number of benzene rings is 1. The van der Waals surface area contributed by atoms with Crippen LogP contribution in [0.3, 0.4) is 0 Å². The van der Waals surface area contributed by atoms with Gasteiger partial charge >= 0.3 is 13.7 Å². The fourth-order valence-electron chi connectivity index (χ4n) is 4.23. The van der Waals surface area contributed by atoms with Crippen molar-refractivity contribution >= 4 is 30.8 Å². The Labute approximate surface area is 246 Å². The Balaban J connectivity index is 1.59. The minimum absolute atomic E-state index is 0.0174. The van der Waals surface area contributed by atoms with E-state index in [0.29, 0.717) is 0 Å². The minimum Gasteiger partial charge on any atom is -0.476 e. The van der Waals surface area contributed by atoms with Gasteiger partial charge in [-0.2, -0.15) is 15.1 Å². The summed E-state index contributed by atoms with van der Waals surface area (Å²) < 4.78 is 74.0. The molecule has 0 aliphatic carbocycles. The van der Waals surface area contributed by atoms with E-state index in [2.05, 4.69) is 20.0 Å². The number of nitrogens with one attached hydrogen (secondary N) is 1. The molecule has 3 heterocycles. The Morgan fingerprint density at radius 3 is 2.60 bits per heavy atom. The fraction of sp³-hybridized carbons (Fsp3) is 0.538. The number of imidazole rings is 1. The number of aliphatic hydroxyl groups is 1. The second kappa shape index (κ2) is 12.7. The van der Waals surface area contributed by atoms with Crippen LogP contribution in [0, 0.1) is 5.92 Å². The maximum absolute atomic E-state index is 16.2. The highest BCUT2D eigenvalue weighted by Gasteiger charge is 2.65. The summed E-state index contributed by atoms with van der Waals surface area (Å²) in [5.41, 5.74) is 3.04. The smallest absolute Gasteiger partial charge is 0.459 e. The molecule has 43 heavy (non-hydrogen) atoms. The Hall–Kier alpha value is -3.43. The first-order valence-corrected chi connectivity index (χ1v) is 15.0. The number of halogens is 2. The third-order valence-electron chi connectivity index (χ3n) is 6.34. The van der Waals surface area contributed by atoms with Crippen molar-refractivity contribution < 1.29 is 46.5 Å². The van der Waals surface area contributed by atoms with Crippen molar-refractivity contribution in [2.24, 2.45) is 5.92 Å². The van der Waals surface area contributed by atoms with Gasteiger partial charge < -0.3 is 29.6 Å². The fourth-order valence-corrected chi connectivity index (χ4v) is 5.73. The zero-order chi connectivity index (χ0) is 31.6. The first-order chi connectivity index (χ1) is 20.2. The number of nitrogen functional groups attached to an aromatic ring is 1. The lowest BCUT2D eigenvalue weighted by atomic mass is 9.97. The van der Waals surface area contributed by atoms with Crippen LogP contribution >= 0.6 is 7.75 Å². The number of carbonyl (C=O) groups excluding carboxylic acids is 1. The number of hydrogen-bond donors (Lipinski definition) is 3. The average Bonchev–Trinajstić information content (AvgIpc) is 3.44. The molecule has 0 radical (unpaired) electrons. The van der Waals surface area contributed by atoms with E-state index in [9.17, 15) is 14.5 Å². The van der Waals surface area contributed by atoms with Crippen molar-refractivity contribution in [3.63, 3.8) is 0 Å². The molecule has 0 spiro atoms. The summed E-state index contributed by atoms with van der Waals surface area (Å²) in [6.07, 6.45) is -3.18. The summed E-state index contributed by atoms with van der Waals surface area (Å²) in [5.74, 6) is -4.14. The number of esters is 1. The van der Waals surface area contributed by atoms with E-state index in [-0.39, 0.29) is 47.9 Å². The van der Waals surface area contributed by atoms with E-state index in [4.69, 9.17) is 29.0 Å². The number of aliphatic hydroxyl groups excluding tert-OH is 1. The second-order valence-electron chi connectivity index (χ2n) is 10.5. The number of alkyl halides is 2. The van der Waals surface area contributed by atoms with Crippen LogP contribution in [-0.2, 0) is 23.4 Å². The number of nitrogens with two attached hydrogens (primary N) is 1. The molecule has 1 fully saturated rings. The summed E-state index contributed by atoms with van der Waals surface area (Å²) in [6.45, 7) is 6.69. The van der Waals surface area contributed by atoms with Gasteiger partial charge in [0, 0.05) is 0 Å². The topological polar surface area (TPSA) is 182 Å². The van der Waals surface area contributed by atoms with Crippen LogP contribution < -0.4 is 20.1 Å². The third-order valence-corrected chi connectivity index (χ3v) is 7.96. The lowest BCUT2D eigenvalue weighted by molar-refractivity contribution is -0.202. The van der Waals surface area contributed by atoms with Crippen molar-refractivity contribution in [1.29, 1.82) is 0 Å². The standard InChI is InChI=1S/C26H35F2N6O8P/c1-6-38-20-18-19(31-24(29)32-20)34(14-30-18)23-25(5,27)22(36)26(28,41-23)13-40-43(37,42-17-10-8-7-9-11-17)33-16(4)21(35)39-12-15(2)3/h7-11,14-16,22-23,36H,6,12-13H2,1-5H3,(H,33,37)(H2,29,31,32)/t16?,22-,23?,25+,26+,43?/m0/s1. The van der Waals surface area contributed by atoms with Gasteiger partial charge in [-0.05, 0) is 38.8 Å². The predicted molar refractivity (Wildman–Crippen MR) is 149 cm³/mol. The molecular weight excluding hydrogens is 593 g/mol. The molecule has 2 aromatic heterocycles. The SMILES string of the molecule is CCOc1nc(N)nc2c1ncn2C1O[C@](F)(COP(=O)(NC(C)C(=O)OCC(C)C)Oc2ccccc2)[C@@H](O)[C@@]1(C)F. The highest BCUT2D eigenvalue weighted by Crippen LogP contribution is 2.52. The van der Waals surface area contributed by atoms with Gasteiger partial charge in [0.05, 0.1) is 19.5 Å². The van der Waals surface area contributed by atoms with Crippen LogP contribution in [0.4, 0.5) is 14.7 Å². The monoisotopic (exact) mass is 628 g/mol. The molecule has 1 aliphatic heterocycles. The summed E-state index contributed by atoms with van der Waals surface area (Å²) in [5, 5.41) is 13.2. The highest BCUT2D eigenvalue weighted by molar-refractivity contribution is 7.52. The average molecular weight is 629 g/mol. The number of nitrogens with zero attached hydrogens (tertiary/aromatic N) is 4. The van der Waals surface area contributed by atoms with E-state index in [0.717, 1.165) is 17.8 Å². The number of aromatic nitrogens is 4. The number of hydrogen-bond acceptors (Lipinski definition) is 12. The van der Waals surface area contributed by atoms with E-state index in [1.54, 1.807) is 25.1 Å². The number of rotatable bonds is 13. The van der Waals surface area contributed by atoms with Gasteiger partial charge in [0.25, 0.3) is 5.85 Å². The van der Waals surface area contributed by atoms with Crippen LogP contribution in [0.15, 0.2) is 36.7 Å². The molecule has 1 aromatic carbocycles. The molecule has 14 nitrogen and oxygen atoms in total. The van der Waals surface area contributed by atoms with E-state index >= 15 is 8.78 Å². The highest BCUT2D eigenvalue weighted by atomic mass is 31.2. The van der Waals surface area contributed by atoms with Gasteiger partial charge in [-0.1, -0.05) is 32.0 Å². The molecule has 236 valence electrons. The molecule has 4 N–H and O–H groups in total. The van der Waals surface area contributed by atoms with Gasteiger partial charge in [0.15, 0.2) is 29.2 Å². The molecule has 4 rings (SSSR count). The van der Waals surface area contributed by atoms with Crippen molar-refractivity contribution in [3.8, 4) is 11.6 Å². The summed E-state index contributed by atoms with van der Waals surface area (Å²) in [7, 11) is -4.58. The normalized spacial score (nSPS) is 25.9. The molecule has 17 heteroatoms. The Kier molecular flexibility index (Phi) is 9.57. The first kappa shape index (κ1) is 32.5. The quantitative estimate of drug-likeness (QED) is 0.185. The molecule has 1 saturated heterocycles. The summed E-state index contributed by atoms with van der Waals surface area (Å²) in [4.78, 5) is 24.6. The maximum Gasteiger partial charge on any atom is 0.459 e. The van der Waals surface area contributed by atoms with E-state index in [1.807, 2.05) is 13.8 Å². The van der Waals surface area contributed by atoms with Crippen LogP contribution in [-0.4, -0.2) is 74.1 Å². The largest absolute Gasteiger partial charge is 0.476 e. The molecule has 0 amide bonds. The molecule has 0 bridgehead atoms. The van der Waals surface area contributed by atoms with Crippen molar-refractivity contribution in [3.05, 3.63) is 36.7 Å². The van der Waals surface area contributed by atoms with E-state index in [1.165, 1.54) is 19.1 Å². The summed E-state index contributed by atoms with van der Waals surface area (Å²) >= 11 is 0. The maximum atomic E-state index is 16.2. The molecular formula is C26H35F2N6O8P. The van der Waals surface area contributed by atoms with Gasteiger partial charge in [-0.25, -0.2) is 18.3 Å². The van der Waals surface area contributed by atoms with Gasteiger partial charge in [0.2, 0.25) is 11.8 Å². The first-order valence-electron chi connectivity index (χ1n) is 13.5. The van der Waals surface area contributed by atoms with Crippen LogP contribution in [0.5, 0.6) is 11.6 Å². The van der Waals surface area contributed by atoms with Crippen LogP contribution in [0.25, 0.3) is 11.2 Å². The number of para-hydroxylation sites is 1. The van der Waals surface area contributed by atoms with E-state index < -0.39 is 50.2 Å². The lowest BCUT2D eigenvalue weighted by Crippen LogP contribution is -2.47. The zero-order valence-corrected chi connectivity index (χ0v) is 25.2. The van der Waals surface area contributed by atoms with Crippen LogP contribution in [0.1, 0.15) is 40.8 Å². The minimum atomic E-state index is -4.58. The number of fused-ring (bicyclic) bond motifs is 1. The lowest BCUT2D eigenvalue weighted by Gasteiger charge is -2.28. The number of anilines is 1. The second-order valence-corrected chi connectivity index (χ2v) is 12.2. The number of ether oxygens (including phenoxy) is 3. The molecule has 0 saturated carbocycles.